The molecule has 8 heteroatoms. The normalized spacial score (nSPS) is 18.1. The first-order valence-corrected chi connectivity index (χ1v) is 9.24. The van der Waals surface area contributed by atoms with Crippen molar-refractivity contribution in [1.29, 1.82) is 0 Å². The minimum Gasteiger partial charge on any atom is -0.371 e. The van der Waals surface area contributed by atoms with E-state index >= 15 is 0 Å². The quantitative estimate of drug-likeness (QED) is 0.799. The number of benzene rings is 2. The van der Waals surface area contributed by atoms with Crippen molar-refractivity contribution in [2.45, 2.75) is 24.8 Å². The number of amides is 3. The van der Waals surface area contributed by atoms with Crippen LogP contribution in [0.1, 0.15) is 19.3 Å². The van der Waals surface area contributed by atoms with Gasteiger partial charge in [-0.25, -0.2) is 9.80 Å². The molecule has 2 N–H and O–H groups in total. The number of carbonyl (C=O) groups is 2. The molecule has 2 saturated heterocycles. The molecule has 2 aromatic carbocycles. The van der Waals surface area contributed by atoms with Gasteiger partial charge >= 0.3 is 6.03 Å². The summed E-state index contributed by atoms with van der Waals surface area (Å²) in [5.74, 6) is -0.141. The highest BCUT2D eigenvalue weighted by atomic mass is 16.3. The van der Waals surface area contributed by atoms with E-state index in [1.807, 2.05) is 42.5 Å². The second kappa shape index (κ2) is 7.30. The second-order valence-corrected chi connectivity index (χ2v) is 7.16. The summed E-state index contributed by atoms with van der Waals surface area (Å²) in [6.07, 6.45) is 1.64. The van der Waals surface area contributed by atoms with Crippen molar-refractivity contribution in [3.63, 3.8) is 0 Å². The van der Waals surface area contributed by atoms with Crippen LogP contribution in [0, 0.1) is 4.91 Å². The molecule has 2 aliphatic heterocycles. The Kier molecular flexibility index (Phi) is 4.68. The lowest BCUT2D eigenvalue weighted by molar-refractivity contribution is -0.120. The van der Waals surface area contributed by atoms with Crippen molar-refractivity contribution in [3.8, 4) is 0 Å². The number of para-hydroxylation sites is 1. The number of hydrogen-bond acceptors (Lipinski definition) is 5. The molecular weight excluding hydrogens is 358 g/mol. The maximum absolute atomic E-state index is 12.8. The predicted molar refractivity (Wildman–Crippen MR) is 106 cm³/mol. The zero-order valence-electron chi connectivity index (χ0n) is 15.3. The molecule has 0 unspecified atom stereocenters. The molecule has 2 aromatic rings. The summed E-state index contributed by atoms with van der Waals surface area (Å²) in [6.45, 7) is 1.41. The molecule has 0 bridgehead atoms. The zero-order chi connectivity index (χ0) is 19.6. The summed E-state index contributed by atoms with van der Waals surface area (Å²) in [4.78, 5) is 37.7. The molecule has 2 heterocycles. The third-order valence-corrected chi connectivity index (χ3v) is 5.44. The van der Waals surface area contributed by atoms with E-state index in [4.69, 9.17) is 0 Å². The Balaban J connectivity index is 1.46. The molecule has 0 atom stereocenters. The Hall–Kier alpha value is -3.42. The van der Waals surface area contributed by atoms with Gasteiger partial charge < -0.3 is 10.2 Å². The van der Waals surface area contributed by atoms with Crippen LogP contribution < -0.4 is 15.6 Å². The van der Waals surface area contributed by atoms with Gasteiger partial charge in [-0.3, -0.25) is 10.2 Å². The number of piperidine rings is 1. The Labute approximate surface area is 162 Å². The molecular formula is C20H21N5O3. The van der Waals surface area contributed by atoms with Gasteiger partial charge in [-0.15, -0.1) is 4.91 Å². The maximum Gasteiger partial charge on any atom is 0.341 e. The predicted octanol–water partition coefficient (Wildman–Crippen LogP) is 3.39. The minimum absolute atomic E-state index is 0.141. The van der Waals surface area contributed by atoms with E-state index in [1.54, 1.807) is 12.1 Å². The average Bonchev–Trinajstić information content (AvgIpc) is 3.05. The lowest BCUT2D eigenvalue weighted by atomic mass is 9.84. The molecule has 0 aliphatic carbocycles. The molecule has 4 rings (SSSR count). The Morgan fingerprint density at radius 1 is 1.04 bits per heavy atom. The molecule has 1 spiro atoms. The maximum atomic E-state index is 12.8. The van der Waals surface area contributed by atoms with Crippen LogP contribution in [-0.4, -0.2) is 35.6 Å². The first-order chi connectivity index (χ1) is 13.6. The summed E-state index contributed by atoms with van der Waals surface area (Å²) in [5, 5.41) is 7.24. The SMILES string of the molecule is O=Nc1ccc(N2CCC3(CC2)CC(=O)NN3C(=O)Nc2ccccc2)cc1. The van der Waals surface area contributed by atoms with Gasteiger partial charge in [0.1, 0.15) is 5.69 Å². The highest BCUT2D eigenvalue weighted by molar-refractivity contribution is 5.94. The molecule has 0 saturated carbocycles. The van der Waals surface area contributed by atoms with Gasteiger partial charge in [-0.05, 0) is 54.4 Å². The Morgan fingerprint density at radius 3 is 2.36 bits per heavy atom. The van der Waals surface area contributed by atoms with Crippen LogP contribution in [0.3, 0.4) is 0 Å². The summed E-state index contributed by atoms with van der Waals surface area (Å²) in [6, 6.07) is 16.0. The topological polar surface area (TPSA) is 94.1 Å². The fourth-order valence-electron chi connectivity index (χ4n) is 3.93. The van der Waals surface area contributed by atoms with Crippen LogP contribution >= 0.6 is 0 Å². The standard InChI is InChI=1S/C20H21N5O3/c26-18-14-20(25(22-18)19(27)21-15-4-2-1-3-5-15)10-12-24(13-11-20)17-8-6-16(23-28)7-9-17/h1-9H,10-14H2,(H,21,27)(H,22,26). The second-order valence-electron chi connectivity index (χ2n) is 7.16. The number of carbonyl (C=O) groups excluding carboxylic acids is 2. The third-order valence-electron chi connectivity index (χ3n) is 5.44. The number of nitroso groups, excluding NO2 is 1. The van der Waals surface area contributed by atoms with Crippen LogP contribution in [0.25, 0.3) is 0 Å². The molecule has 2 aliphatic rings. The summed E-state index contributed by atoms with van der Waals surface area (Å²) < 4.78 is 0. The van der Waals surface area contributed by atoms with Gasteiger partial charge in [0.25, 0.3) is 0 Å². The molecule has 144 valence electrons. The van der Waals surface area contributed by atoms with Crippen LogP contribution in [0.15, 0.2) is 59.8 Å². The monoisotopic (exact) mass is 379 g/mol. The van der Waals surface area contributed by atoms with E-state index in [0.29, 0.717) is 43.7 Å². The molecule has 2 fully saturated rings. The van der Waals surface area contributed by atoms with E-state index < -0.39 is 5.54 Å². The van der Waals surface area contributed by atoms with E-state index in [1.165, 1.54) is 5.01 Å². The number of urea groups is 1. The minimum atomic E-state index is -0.531. The smallest absolute Gasteiger partial charge is 0.341 e. The van der Waals surface area contributed by atoms with Crippen LogP contribution in [0.4, 0.5) is 21.9 Å². The number of anilines is 2. The van der Waals surface area contributed by atoms with Crippen molar-refractivity contribution >= 4 is 29.0 Å². The van der Waals surface area contributed by atoms with Crippen molar-refractivity contribution in [3.05, 3.63) is 59.5 Å². The van der Waals surface area contributed by atoms with E-state index in [0.717, 1.165) is 5.69 Å². The van der Waals surface area contributed by atoms with Crippen LogP contribution in [0.2, 0.25) is 0 Å². The average molecular weight is 379 g/mol. The Morgan fingerprint density at radius 2 is 1.71 bits per heavy atom. The van der Waals surface area contributed by atoms with E-state index in [9.17, 15) is 14.5 Å². The number of hydrazine groups is 1. The van der Waals surface area contributed by atoms with Gasteiger partial charge in [-0.2, -0.15) is 0 Å². The van der Waals surface area contributed by atoms with Gasteiger partial charge in [0.15, 0.2) is 0 Å². The van der Waals surface area contributed by atoms with Gasteiger partial charge in [0.05, 0.1) is 12.0 Å². The van der Waals surface area contributed by atoms with Crippen LogP contribution in [-0.2, 0) is 4.79 Å². The highest BCUT2D eigenvalue weighted by Crippen LogP contribution is 2.37. The van der Waals surface area contributed by atoms with Gasteiger partial charge in [0, 0.05) is 24.5 Å². The summed E-state index contributed by atoms with van der Waals surface area (Å²) in [5.41, 5.74) is 4.27. The number of rotatable bonds is 3. The fourth-order valence-corrected chi connectivity index (χ4v) is 3.93. The van der Waals surface area contributed by atoms with Crippen LogP contribution in [0.5, 0.6) is 0 Å². The number of nitrogens with zero attached hydrogens (tertiary/aromatic N) is 3. The van der Waals surface area contributed by atoms with E-state index in [2.05, 4.69) is 20.8 Å². The third kappa shape index (κ3) is 3.40. The Bertz CT molecular complexity index is 876. The lowest BCUT2D eigenvalue weighted by Crippen LogP contribution is -2.58. The molecule has 0 radical (unpaired) electrons. The van der Waals surface area contributed by atoms with Gasteiger partial charge in [0.2, 0.25) is 5.91 Å². The van der Waals surface area contributed by atoms with E-state index in [-0.39, 0.29) is 11.9 Å². The first-order valence-electron chi connectivity index (χ1n) is 9.24. The van der Waals surface area contributed by atoms with Crippen molar-refractivity contribution in [2.75, 3.05) is 23.3 Å². The summed E-state index contributed by atoms with van der Waals surface area (Å²) >= 11 is 0. The lowest BCUT2D eigenvalue weighted by Gasteiger charge is -2.43. The highest BCUT2D eigenvalue weighted by Gasteiger charge is 2.49. The zero-order valence-corrected chi connectivity index (χ0v) is 15.3. The molecule has 28 heavy (non-hydrogen) atoms. The first kappa shape index (κ1) is 18.0. The number of nitrogens with one attached hydrogen (secondary N) is 2. The molecule has 0 aromatic heterocycles. The van der Waals surface area contributed by atoms with Crippen molar-refractivity contribution < 1.29 is 9.59 Å². The fraction of sp³-hybridized carbons (Fsp3) is 0.300. The molecule has 3 amide bonds. The van der Waals surface area contributed by atoms with Crippen molar-refractivity contribution in [1.82, 2.24) is 10.4 Å². The summed E-state index contributed by atoms with van der Waals surface area (Å²) in [7, 11) is 0. The molecule has 8 nitrogen and oxygen atoms in total. The largest absolute Gasteiger partial charge is 0.371 e. The van der Waals surface area contributed by atoms with Crippen molar-refractivity contribution in [2.24, 2.45) is 5.18 Å². The number of hydrogen-bond donors (Lipinski definition) is 2. The van der Waals surface area contributed by atoms with Gasteiger partial charge in [-0.1, -0.05) is 18.2 Å².